The monoisotopic (exact) mass is 323 g/mol. The van der Waals surface area contributed by atoms with Gasteiger partial charge >= 0.3 is 0 Å². The summed E-state index contributed by atoms with van der Waals surface area (Å²) < 4.78 is 0. The lowest BCUT2D eigenvalue weighted by molar-refractivity contribution is 0.0858. The molecular formula is C19H21N3O2. The molecule has 0 atom stereocenters. The van der Waals surface area contributed by atoms with Gasteiger partial charge in [-0.05, 0) is 48.5 Å². The molecule has 0 aliphatic carbocycles. The maximum Gasteiger partial charge on any atom is 0.251 e. The minimum atomic E-state index is -0.407. The molecule has 0 aliphatic heterocycles. The predicted molar refractivity (Wildman–Crippen MR) is 94.2 cm³/mol. The van der Waals surface area contributed by atoms with E-state index in [-0.39, 0.29) is 11.7 Å². The third-order valence-electron chi connectivity index (χ3n) is 3.45. The maximum atomic E-state index is 12.2. The van der Waals surface area contributed by atoms with Crippen molar-refractivity contribution in [3.63, 3.8) is 0 Å². The van der Waals surface area contributed by atoms with Gasteiger partial charge in [-0.25, -0.2) is 0 Å². The molecular weight excluding hydrogens is 302 g/mol. The van der Waals surface area contributed by atoms with E-state index in [1.165, 1.54) is 0 Å². The van der Waals surface area contributed by atoms with Crippen LogP contribution in [0.1, 0.15) is 41.5 Å². The maximum absolute atomic E-state index is 12.2. The van der Waals surface area contributed by atoms with E-state index in [0.29, 0.717) is 22.5 Å². The molecule has 2 aromatic carbocycles. The molecule has 0 unspecified atom stereocenters. The number of nitrogens with zero attached hydrogens (tertiary/aromatic N) is 2. The molecule has 0 aromatic heterocycles. The summed E-state index contributed by atoms with van der Waals surface area (Å²) in [4.78, 5) is 23.7. The zero-order valence-electron chi connectivity index (χ0n) is 14.3. The quantitative estimate of drug-likeness (QED) is 0.655. The van der Waals surface area contributed by atoms with Gasteiger partial charge in [-0.3, -0.25) is 9.59 Å². The van der Waals surface area contributed by atoms with Crippen LogP contribution in [0, 0.1) is 5.41 Å². The van der Waals surface area contributed by atoms with Crippen LogP contribution in [0.15, 0.2) is 58.8 Å². The molecule has 0 aliphatic rings. The van der Waals surface area contributed by atoms with Gasteiger partial charge < -0.3 is 5.32 Å². The summed E-state index contributed by atoms with van der Waals surface area (Å²) in [5, 5.41) is 10.8. The van der Waals surface area contributed by atoms with E-state index < -0.39 is 5.41 Å². The largest absolute Gasteiger partial charge is 0.355 e. The summed E-state index contributed by atoms with van der Waals surface area (Å²) in [6.45, 7) is 5.68. The Kier molecular flexibility index (Phi) is 5.24. The lowest BCUT2D eigenvalue weighted by Gasteiger charge is -2.16. The molecule has 5 heteroatoms. The summed E-state index contributed by atoms with van der Waals surface area (Å²) in [6, 6.07) is 13.9. The van der Waals surface area contributed by atoms with Crippen molar-refractivity contribution in [3.8, 4) is 0 Å². The lowest BCUT2D eigenvalue weighted by Crippen LogP contribution is -2.19. The van der Waals surface area contributed by atoms with Crippen LogP contribution in [-0.4, -0.2) is 18.7 Å². The van der Waals surface area contributed by atoms with Gasteiger partial charge in [0, 0.05) is 23.6 Å². The number of Topliss-reactive ketones (excluding diaryl/α,β-unsaturated/α-hetero) is 1. The first kappa shape index (κ1) is 17.5. The molecule has 0 saturated carbocycles. The molecule has 1 amide bonds. The molecule has 124 valence electrons. The Morgan fingerprint density at radius 3 is 1.58 bits per heavy atom. The number of hydrogen-bond acceptors (Lipinski definition) is 4. The average molecular weight is 323 g/mol. The molecule has 2 rings (SSSR count). The standard InChI is InChI=1S/C19H21N3O2/c1-19(2,3)17(23)13-5-9-15(10-6-13)21-22-16-11-7-14(8-12-16)18(24)20-4/h5-12H,1-4H3,(H,20,24)/b22-21+. The topological polar surface area (TPSA) is 70.9 Å². The average Bonchev–Trinajstić information content (AvgIpc) is 2.58. The van der Waals surface area contributed by atoms with Crippen molar-refractivity contribution in [2.75, 3.05) is 7.05 Å². The van der Waals surface area contributed by atoms with Crippen molar-refractivity contribution in [1.29, 1.82) is 0 Å². The zero-order valence-corrected chi connectivity index (χ0v) is 14.3. The molecule has 0 fully saturated rings. The first-order chi connectivity index (χ1) is 11.3. The van der Waals surface area contributed by atoms with E-state index in [4.69, 9.17) is 0 Å². The van der Waals surface area contributed by atoms with Gasteiger partial charge in [0.15, 0.2) is 5.78 Å². The van der Waals surface area contributed by atoms with Crippen LogP contribution in [0.3, 0.4) is 0 Å². The first-order valence-corrected chi connectivity index (χ1v) is 7.70. The van der Waals surface area contributed by atoms with Gasteiger partial charge in [0.05, 0.1) is 11.4 Å². The highest BCUT2D eigenvalue weighted by atomic mass is 16.1. The van der Waals surface area contributed by atoms with Crippen LogP contribution in [0.2, 0.25) is 0 Å². The highest BCUT2D eigenvalue weighted by Gasteiger charge is 2.22. The molecule has 0 radical (unpaired) electrons. The smallest absolute Gasteiger partial charge is 0.251 e. The summed E-state index contributed by atoms with van der Waals surface area (Å²) in [5.41, 5.74) is 2.14. The Morgan fingerprint density at radius 2 is 1.21 bits per heavy atom. The number of hydrogen-bond donors (Lipinski definition) is 1. The van der Waals surface area contributed by atoms with Gasteiger partial charge in [-0.1, -0.05) is 20.8 Å². The van der Waals surface area contributed by atoms with E-state index >= 15 is 0 Å². The fourth-order valence-corrected chi connectivity index (χ4v) is 2.05. The molecule has 24 heavy (non-hydrogen) atoms. The van der Waals surface area contributed by atoms with Crippen LogP contribution in [-0.2, 0) is 0 Å². The second-order valence-electron chi connectivity index (χ2n) is 6.45. The first-order valence-electron chi connectivity index (χ1n) is 7.70. The molecule has 0 spiro atoms. The van der Waals surface area contributed by atoms with Crippen LogP contribution in [0.25, 0.3) is 0 Å². The highest BCUT2D eigenvalue weighted by Crippen LogP contribution is 2.23. The molecule has 1 N–H and O–H groups in total. The molecule has 0 saturated heterocycles. The van der Waals surface area contributed by atoms with Gasteiger partial charge in [-0.2, -0.15) is 10.2 Å². The Labute approximate surface area is 141 Å². The van der Waals surface area contributed by atoms with Crippen molar-refractivity contribution in [2.45, 2.75) is 20.8 Å². The van der Waals surface area contributed by atoms with E-state index in [1.54, 1.807) is 55.6 Å². The van der Waals surface area contributed by atoms with Crippen molar-refractivity contribution in [2.24, 2.45) is 15.6 Å². The number of nitrogens with one attached hydrogen (secondary N) is 1. The Balaban J connectivity index is 2.09. The Bertz CT molecular complexity index is 755. The van der Waals surface area contributed by atoms with Gasteiger partial charge in [0.25, 0.3) is 5.91 Å². The van der Waals surface area contributed by atoms with E-state index in [1.807, 2.05) is 20.8 Å². The molecule has 0 bridgehead atoms. The fraction of sp³-hybridized carbons (Fsp3) is 0.263. The van der Waals surface area contributed by atoms with Crippen LogP contribution in [0.5, 0.6) is 0 Å². The van der Waals surface area contributed by atoms with Gasteiger partial charge in [0.1, 0.15) is 0 Å². The Morgan fingerprint density at radius 1 is 0.792 bits per heavy atom. The summed E-state index contributed by atoms with van der Waals surface area (Å²) >= 11 is 0. The summed E-state index contributed by atoms with van der Waals surface area (Å²) in [6.07, 6.45) is 0. The molecule has 2 aromatic rings. The number of benzene rings is 2. The van der Waals surface area contributed by atoms with Crippen molar-refractivity contribution < 1.29 is 9.59 Å². The van der Waals surface area contributed by atoms with Gasteiger partial charge in [-0.15, -0.1) is 0 Å². The summed E-state index contributed by atoms with van der Waals surface area (Å²) in [7, 11) is 1.59. The third kappa shape index (κ3) is 4.35. The minimum Gasteiger partial charge on any atom is -0.355 e. The van der Waals surface area contributed by atoms with Crippen LogP contribution < -0.4 is 5.32 Å². The van der Waals surface area contributed by atoms with E-state index in [0.717, 1.165) is 0 Å². The van der Waals surface area contributed by atoms with Crippen molar-refractivity contribution in [1.82, 2.24) is 5.32 Å². The molecule has 0 heterocycles. The predicted octanol–water partition coefficient (Wildman–Crippen LogP) is 4.69. The van der Waals surface area contributed by atoms with Crippen LogP contribution >= 0.6 is 0 Å². The fourth-order valence-electron chi connectivity index (χ4n) is 2.05. The number of rotatable bonds is 4. The minimum absolute atomic E-state index is 0.0933. The SMILES string of the molecule is CNC(=O)c1ccc(/N=N/c2ccc(C(=O)C(C)(C)C)cc2)cc1. The number of ketones is 1. The van der Waals surface area contributed by atoms with E-state index in [2.05, 4.69) is 15.5 Å². The number of amides is 1. The number of carbonyl (C=O) groups excluding carboxylic acids is 2. The summed E-state index contributed by atoms with van der Waals surface area (Å²) in [5.74, 6) is -0.0478. The normalized spacial score (nSPS) is 11.5. The van der Waals surface area contributed by atoms with Crippen LogP contribution in [0.4, 0.5) is 11.4 Å². The van der Waals surface area contributed by atoms with E-state index in [9.17, 15) is 9.59 Å². The lowest BCUT2D eigenvalue weighted by atomic mass is 9.86. The number of azo groups is 1. The molecule has 5 nitrogen and oxygen atoms in total. The van der Waals surface area contributed by atoms with Crippen molar-refractivity contribution >= 4 is 23.1 Å². The second-order valence-corrected chi connectivity index (χ2v) is 6.45. The Hall–Kier alpha value is -2.82. The third-order valence-corrected chi connectivity index (χ3v) is 3.45. The van der Waals surface area contributed by atoms with Crippen molar-refractivity contribution in [3.05, 3.63) is 59.7 Å². The van der Waals surface area contributed by atoms with Gasteiger partial charge in [0.2, 0.25) is 0 Å². The highest BCUT2D eigenvalue weighted by molar-refractivity contribution is 6.00. The number of carbonyl (C=O) groups is 2. The second kappa shape index (κ2) is 7.17. The zero-order chi connectivity index (χ0) is 17.7.